The molecule has 1 unspecified atom stereocenters. The average Bonchev–Trinajstić information content (AvgIpc) is 2.92. The third-order valence-electron chi connectivity index (χ3n) is 8.86. The summed E-state index contributed by atoms with van der Waals surface area (Å²) in [6, 6.07) is 0. The lowest BCUT2D eigenvalue weighted by Gasteiger charge is -2.61. The van der Waals surface area contributed by atoms with E-state index in [4.69, 9.17) is 6.42 Å². The van der Waals surface area contributed by atoms with Crippen LogP contribution in [0.15, 0.2) is 5.16 Å². The van der Waals surface area contributed by atoms with E-state index in [0.717, 1.165) is 49.7 Å². The Morgan fingerprint density at radius 2 is 1.88 bits per heavy atom. The predicted molar refractivity (Wildman–Crippen MR) is 94.7 cm³/mol. The van der Waals surface area contributed by atoms with Crippen LogP contribution < -0.4 is 0 Å². The second-order valence-corrected chi connectivity index (χ2v) is 9.58. The van der Waals surface area contributed by atoms with Crippen LogP contribution in [0, 0.1) is 46.8 Å². The van der Waals surface area contributed by atoms with Crippen LogP contribution in [0.5, 0.6) is 0 Å². The van der Waals surface area contributed by atoms with Crippen LogP contribution >= 0.6 is 0 Å². The van der Waals surface area contributed by atoms with Crippen molar-refractivity contribution in [1.82, 2.24) is 0 Å². The third kappa shape index (κ3) is 2.05. The highest BCUT2D eigenvalue weighted by atomic mass is 16.4. The standard InChI is InChI=1S/C21H31NO2/c1-4-21(23)12-11-19(2)14(13-21)5-6-15-16-7-8-18(22-24)20(16,3)10-9-17(15)19/h1,14-17,23-24H,5-13H2,2-3H3/b22-18+/t14?,15-,16-,17-,19-,20-,21-/m0/s1. The molecule has 0 aromatic carbocycles. The molecule has 3 heteroatoms. The summed E-state index contributed by atoms with van der Waals surface area (Å²) in [5.74, 6) is 5.40. The highest BCUT2D eigenvalue weighted by Crippen LogP contribution is 2.66. The summed E-state index contributed by atoms with van der Waals surface area (Å²) in [7, 11) is 0. The average molecular weight is 329 g/mol. The molecule has 0 aromatic rings. The monoisotopic (exact) mass is 329 g/mol. The molecule has 0 spiro atoms. The van der Waals surface area contributed by atoms with Gasteiger partial charge in [0, 0.05) is 5.41 Å². The van der Waals surface area contributed by atoms with Gasteiger partial charge in [0.1, 0.15) is 5.60 Å². The zero-order valence-corrected chi connectivity index (χ0v) is 15.1. The lowest BCUT2D eigenvalue weighted by atomic mass is 9.44. The van der Waals surface area contributed by atoms with Crippen LogP contribution in [0.25, 0.3) is 0 Å². The fourth-order valence-corrected chi connectivity index (χ4v) is 7.33. The van der Waals surface area contributed by atoms with Gasteiger partial charge in [0.25, 0.3) is 0 Å². The second kappa shape index (κ2) is 5.24. The van der Waals surface area contributed by atoms with Crippen molar-refractivity contribution in [2.75, 3.05) is 0 Å². The summed E-state index contributed by atoms with van der Waals surface area (Å²) in [4.78, 5) is 0. The molecule has 0 aromatic heterocycles. The topological polar surface area (TPSA) is 52.8 Å². The molecule has 7 atom stereocenters. The van der Waals surface area contributed by atoms with E-state index in [2.05, 4.69) is 24.9 Å². The second-order valence-electron chi connectivity index (χ2n) is 9.58. The van der Waals surface area contributed by atoms with E-state index in [-0.39, 0.29) is 5.41 Å². The largest absolute Gasteiger partial charge is 0.411 e. The zero-order valence-electron chi connectivity index (χ0n) is 15.1. The minimum Gasteiger partial charge on any atom is -0.411 e. The number of hydrogen-bond donors (Lipinski definition) is 2. The van der Waals surface area contributed by atoms with Crippen molar-refractivity contribution in [3.05, 3.63) is 0 Å². The van der Waals surface area contributed by atoms with E-state index >= 15 is 0 Å². The van der Waals surface area contributed by atoms with Gasteiger partial charge in [-0.3, -0.25) is 0 Å². The van der Waals surface area contributed by atoms with Gasteiger partial charge in [-0.2, -0.15) is 0 Å². The molecule has 4 saturated carbocycles. The first-order valence-corrected chi connectivity index (χ1v) is 9.78. The maximum Gasteiger partial charge on any atom is 0.125 e. The Morgan fingerprint density at radius 3 is 2.58 bits per heavy atom. The Balaban J connectivity index is 1.62. The fraction of sp³-hybridized carbons (Fsp3) is 0.857. The minimum absolute atomic E-state index is 0.118. The van der Waals surface area contributed by atoms with Crippen LogP contribution in [0.3, 0.4) is 0 Å². The molecular weight excluding hydrogens is 298 g/mol. The van der Waals surface area contributed by atoms with Crippen molar-refractivity contribution in [1.29, 1.82) is 0 Å². The van der Waals surface area contributed by atoms with Gasteiger partial charge in [-0.05, 0) is 86.9 Å². The van der Waals surface area contributed by atoms with Crippen LogP contribution in [-0.2, 0) is 0 Å². The highest BCUT2D eigenvalue weighted by Gasteiger charge is 2.60. The molecule has 0 heterocycles. The Bertz CT molecular complexity index is 607. The van der Waals surface area contributed by atoms with E-state index < -0.39 is 5.60 Å². The number of aliphatic hydroxyl groups is 1. The van der Waals surface area contributed by atoms with Crippen LogP contribution in [-0.4, -0.2) is 21.6 Å². The first-order chi connectivity index (χ1) is 11.4. The molecule has 132 valence electrons. The van der Waals surface area contributed by atoms with Gasteiger partial charge >= 0.3 is 0 Å². The van der Waals surface area contributed by atoms with Gasteiger partial charge in [0.05, 0.1) is 5.71 Å². The van der Waals surface area contributed by atoms with Gasteiger partial charge in [0.2, 0.25) is 0 Å². The maximum atomic E-state index is 10.6. The summed E-state index contributed by atoms with van der Waals surface area (Å²) < 4.78 is 0. The molecule has 0 bridgehead atoms. The SMILES string of the molecule is C#C[C@]1(O)CC[C@@]2(C)C(CC[C@@H]3[C@@H]2CC[C@]2(C)/C(=N/O)CC[C@@H]32)C1. The predicted octanol–water partition coefficient (Wildman–Crippen LogP) is 4.22. The number of nitrogens with zero attached hydrogens (tertiary/aromatic N) is 1. The summed E-state index contributed by atoms with van der Waals surface area (Å²) in [6.45, 7) is 4.81. The summed E-state index contributed by atoms with van der Waals surface area (Å²) in [6.07, 6.45) is 15.2. The third-order valence-corrected chi connectivity index (χ3v) is 8.86. The molecule has 4 aliphatic carbocycles. The lowest BCUT2D eigenvalue weighted by Crippen LogP contribution is -2.55. The molecule has 4 rings (SSSR count). The molecule has 3 nitrogen and oxygen atoms in total. The van der Waals surface area contributed by atoms with Crippen molar-refractivity contribution >= 4 is 5.71 Å². The molecule has 4 aliphatic rings. The van der Waals surface area contributed by atoms with Gasteiger partial charge in [-0.1, -0.05) is 24.9 Å². The van der Waals surface area contributed by atoms with Crippen molar-refractivity contribution < 1.29 is 10.3 Å². The Hall–Kier alpha value is -1.01. The fourth-order valence-electron chi connectivity index (χ4n) is 7.33. The van der Waals surface area contributed by atoms with Crippen LogP contribution in [0.1, 0.15) is 71.6 Å². The molecule has 0 aliphatic heterocycles. The normalized spacial score (nSPS) is 55.3. The Morgan fingerprint density at radius 1 is 1.08 bits per heavy atom. The number of hydrogen-bond acceptors (Lipinski definition) is 3. The summed E-state index contributed by atoms with van der Waals surface area (Å²) >= 11 is 0. The van der Waals surface area contributed by atoms with E-state index in [1.807, 2.05) is 0 Å². The van der Waals surface area contributed by atoms with Gasteiger partial charge in [-0.15, -0.1) is 6.42 Å². The van der Waals surface area contributed by atoms with Crippen LogP contribution in [0.4, 0.5) is 0 Å². The summed E-state index contributed by atoms with van der Waals surface area (Å²) in [5.41, 5.74) is 0.618. The Labute approximate surface area is 145 Å². The van der Waals surface area contributed by atoms with Crippen molar-refractivity contribution in [3.8, 4) is 12.3 Å². The Kier molecular flexibility index (Phi) is 3.59. The van der Waals surface area contributed by atoms with Gasteiger partial charge in [-0.25, -0.2) is 0 Å². The van der Waals surface area contributed by atoms with Crippen molar-refractivity contribution in [2.45, 2.75) is 77.2 Å². The van der Waals surface area contributed by atoms with Crippen molar-refractivity contribution in [2.24, 2.45) is 39.7 Å². The first-order valence-electron chi connectivity index (χ1n) is 9.78. The van der Waals surface area contributed by atoms with E-state index in [1.165, 1.54) is 25.7 Å². The molecule has 2 N–H and O–H groups in total. The molecule has 0 saturated heterocycles. The molecule has 24 heavy (non-hydrogen) atoms. The van der Waals surface area contributed by atoms with Gasteiger partial charge in [0.15, 0.2) is 0 Å². The van der Waals surface area contributed by atoms with E-state index in [1.54, 1.807) is 0 Å². The minimum atomic E-state index is -0.871. The molecule has 0 amide bonds. The van der Waals surface area contributed by atoms with Crippen molar-refractivity contribution in [3.63, 3.8) is 0 Å². The van der Waals surface area contributed by atoms with Gasteiger partial charge < -0.3 is 10.3 Å². The highest BCUT2D eigenvalue weighted by molar-refractivity contribution is 5.91. The lowest BCUT2D eigenvalue weighted by molar-refractivity contribution is -0.127. The molecular formula is C21H31NO2. The summed E-state index contributed by atoms with van der Waals surface area (Å²) in [5, 5.41) is 23.7. The number of fused-ring (bicyclic) bond motifs is 5. The number of oxime groups is 1. The van der Waals surface area contributed by atoms with E-state index in [9.17, 15) is 10.3 Å². The molecule has 0 radical (unpaired) electrons. The smallest absolute Gasteiger partial charge is 0.125 e. The first kappa shape index (κ1) is 16.5. The number of terminal acetylenes is 1. The number of rotatable bonds is 0. The maximum absolute atomic E-state index is 10.6. The quantitative estimate of drug-likeness (QED) is 0.397. The van der Waals surface area contributed by atoms with Crippen LogP contribution in [0.2, 0.25) is 0 Å². The van der Waals surface area contributed by atoms with E-state index in [0.29, 0.717) is 17.3 Å². The zero-order chi connectivity index (χ0) is 17.2. The molecule has 4 fully saturated rings.